The molecule has 0 saturated heterocycles. The number of thiophene rings is 1. The van der Waals surface area contributed by atoms with Gasteiger partial charge in [0, 0.05) is 10.6 Å². The molecule has 19 heavy (non-hydrogen) atoms. The quantitative estimate of drug-likeness (QED) is 0.514. The molecule has 5 heteroatoms. The number of aryl methyl sites for hydroxylation is 2. The maximum atomic E-state index is 5.22. The fraction of sp³-hybridized carbons (Fsp3) is 0.143. The highest BCUT2D eigenvalue weighted by Crippen LogP contribution is 2.19. The number of rotatable bonds is 3. The van der Waals surface area contributed by atoms with Gasteiger partial charge in [-0.15, -0.1) is 11.3 Å². The lowest BCUT2D eigenvalue weighted by Gasteiger charge is -2.12. The molecule has 98 valence electrons. The summed E-state index contributed by atoms with van der Waals surface area (Å²) in [5.41, 5.74) is 6.17. The molecule has 0 amide bonds. The Balaban J connectivity index is 1.95. The number of hydrogen-bond acceptors (Lipinski definition) is 3. The molecule has 1 aromatic carbocycles. The molecule has 0 fully saturated rings. The van der Waals surface area contributed by atoms with E-state index in [0.29, 0.717) is 5.11 Å². The first kappa shape index (κ1) is 13.7. The van der Waals surface area contributed by atoms with E-state index >= 15 is 0 Å². The van der Waals surface area contributed by atoms with Gasteiger partial charge in [-0.1, -0.05) is 24.3 Å². The van der Waals surface area contributed by atoms with Crippen LogP contribution < -0.4 is 10.7 Å². The van der Waals surface area contributed by atoms with E-state index in [1.165, 1.54) is 0 Å². The van der Waals surface area contributed by atoms with E-state index in [1.807, 2.05) is 49.6 Å². The molecule has 1 aromatic heterocycles. The molecule has 0 bridgehead atoms. The molecular weight excluding hydrogens is 274 g/mol. The third-order valence-corrected chi connectivity index (χ3v) is 3.62. The van der Waals surface area contributed by atoms with Gasteiger partial charge in [0.25, 0.3) is 0 Å². The zero-order valence-corrected chi connectivity index (χ0v) is 12.4. The van der Waals surface area contributed by atoms with Crippen molar-refractivity contribution in [3.05, 3.63) is 51.7 Å². The SMILES string of the molecule is Cc1cccc(C)c1NC(=S)N/N=C/c1cccs1. The second kappa shape index (κ2) is 6.45. The van der Waals surface area contributed by atoms with E-state index in [9.17, 15) is 0 Å². The number of hydrazone groups is 1. The van der Waals surface area contributed by atoms with Gasteiger partial charge in [-0.2, -0.15) is 5.10 Å². The lowest BCUT2D eigenvalue weighted by Crippen LogP contribution is -2.24. The monoisotopic (exact) mass is 289 g/mol. The molecule has 0 unspecified atom stereocenters. The van der Waals surface area contributed by atoms with Crippen molar-refractivity contribution in [2.45, 2.75) is 13.8 Å². The topological polar surface area (TPSA) is 36.4 Å². The van der Waals surface area contributed by atoms with Gasteiger partial charge < -0.3 is 5.32 Å². The fourth-order valence-corrected chi connectivity index (χ4v) is 2.41. The predicted octanol–water partition coefficient (Wildman–Crippen LogP) is 3.69. The molecule has 3 nitrogen and oxygen atoms in total. The largest absolute Gasteiger partial charge is 0.331 e. The Morgan fingerprint density at radius 3 is 2.58 bits per heavy atom. The summed E-state index contributed by atoms with van der Waals surface area (Å²) in [5, 5.41) is 9.77. The molecule has 0 aliphatic carbocycles. The van der Waals surface area contributed by atoms with Crippen LogP contribution in [-0.4, -0.2) is 11.3 Å². The van der Waals surface area contributed by atoms with Crippen molar-refractivity contribution >= 4 is 40.6 Å². The normalized spacial score (nSPS) is 10.6. The van der Waals surface area contributed by atoms with Gasteiger partial charge in [-0.25, -0.2) is 0 Å². The summed E-state index contributed by atoms with van der Waals surface area (Å²) in [7, 11) is 0. The van der Waals surface area contributed by atoms with E-state index in [0.717, 1.165) is 21.7 Å². The van der Waals surface area contributed by atoms with Gasteiger partial charge in [-0.05, 0) is 48.6 Å². The van der Waals surface area contributed by atoms with E-state index < -0.39 is 0 Å². The maximum absolute atomic E-state index is 5.22. The van der Waals surface area contributed by atoms with Gasteiger partial charge in [0.15, 0.2) is 5.11 Å². The number of para-hydroxylation sites is 1. The number of nitrogens with one attached hydrogen (secondary N) is 2. The van der Waals surface area contributed by atoms with Crippen molar-refractivity contribution < 1.29 is 0 Å². The molecule has 0 aliphatic heterocycles. The Kier molecular flexibility index (Phi) is 4.65. The lowest BCUT2D eigenvalue weighted by atomic mass is 10.1. The zero-order valence-electron chi connectivity index (χ0n) is 10.8. The summed E-state index contributed by atoms with van der Waals surface area (Å²) in [6.07, 6.45) is 1.75. The Bertz CT molecular complexity index is 568. The second-order valence-electron chi connectivity index (χ2n) is 4.11. The molecule has 0 radical (unpaired) electrons. The highest BCUT2D eigenvalue weighted by atomic mass is 32.1. The molecular formula is C14H15N3S2. The van der Waals surface area contributed by atoms with E-state index in [4.69, 9.17) is 12.2 Å². The first-order valence-electron chi connectivity index (χ1n) is 5.86. The Hall–Kier alpha value is -1.72. The van der Waals surface area contributed by atoms with Crippen LogP contribution in [0.2, 0.25) is 0 Å². The van der Waals surface area contributed by atoms with Crippen LogP contribution in [-0.2, 0) is 0 Å². The number of benzene rings is 1. The van der Waals surface area contributed by atoms with Crippen molar-refractivity contribution in [1.82, 2.24) is 5.43 Å². The predicted molar refractivity (Wildman–Crippen MR) is 87.2 cm³/mol. The van der Waals surface area contributed by atoms with Crippen LogP contribution in [0, 0.1) is 13.8 Å². The van der Waals surface area contributed by atoms with Crippen LogP contribution in [0.5, 0.6) is 0 Å². The Morgan fingerprint density at radius 2 is 1.95 bits per heavy atom. The van der Waals surface area contributed by atoms with Crippen molar-refractivity contribution in [2.24, 2.45) is 5.10 Å². The molecule has 2 rings (SSSR count). The zero-order chi connectivity index (χ0) is 13.7. The number of hydrogen-bond donors (Lipinski definition) is 2. The Morgan fingerprint density at radius 1 is 1.21 bits per heavy atom. The molecule has 0 aliphatic rings. The van der Waals surface area contributed by atoms with Crippen molar-refractivity contribution in [3.63, 3.8) is 0 Å². The lowest BCUT2D eigenvalue weighted by molar-refractivity contribution is 1.05. The Labute approximate surface area is 122 Å². The average molecular weight is 289 g/mol. The van der Waals surface area contributed by atoms with Gasteiger partial charge >= 0.3 is 0 Å². The van der Waals surface area contributed by atoms with Crippen molar-refractivity contribution in [1.29, 1.82) is 0 Å². The van der Waals surface area contributed by atoms with Crippen LogP contribution in [0.15, 0.2) is 40.8 Å². The highest BCUT2D eigenvalue weighted by molar-refractivity contribution is 7.80. The molecule has 2 N–H and O–H groups in total. The first-order chi connectivity index (χ1) is 9.16. The number of nitrogens with zero attached hydrogens (tertiary/aromatic N) is 1. The number of anilines is 1. The number of thiocarbonyl (C=S) groups is 1. The summed E-state index contributed by atoms with van der Waals surface area (Å²) >= 11 is 6.85. The summed E-state index contributed by atoms with van der Waals surface area (Å²) < 4.78 is 0. The second-order valence-corrected chi connectivity index (χ2v) is 5.49. The first-order valence-corrected chi connectivity index (χ1v) is 7.15. The van der Waals surface area contributed by atoms with Crippen molar-refractivity contribution in [2.75, 3.05) is 5.32 Å². The summed E-state index contributed by atoms with van der Waals surface area (Å²) in [5.74, 6) is 0. The van der Waals surface area contributed by atoms with E-state index in [1.54, 1.807) is 17.6 Å². The highest BCUT2D eigenvalue weighted by Gasteiger charge is 2.03. The summed E-state index contributed by atoms with van der Waals surface area (Å²) in [4.78, 5) is 1.09. The minimum atomic E-state index is 0.491. The van der Waals surface area contributed by atoms with E-state index in [-0.39, 0.29) is 0 Å². The minimum Gasteiger partial charge on any atom is -0.331 e. The smallest absolute Gasteiger partial charge is 0.191 e. The molecule has 0 saturated carbocycles. The minimum absolute atomic E-state index is 0.491. The van der Waals surface area contributed by atoms with E-state index in [2.05, 4.69) is 15.8 Å². The van der Waals surface area contributed by atoms with Crippen LogP contribution in [0.4, 0.5) is 5.69 Å². The van der Waals surface area contributed by atoms with Crippen molar-refractivity contribution in [3.8, 4) is 0 Å². The standard InChI is InChI=1S/C14H15N3S2/c1-10-5-3-6-11(2)13(10)16-14(18)17-15-9-12-7-4-8-19-12/h3-9H,1-2H3,(H2,16,17,18)/b15-9+. The third kappa shape index (κ3) is 3.87. The molecule has 1 heterocycles. The van der Waals surface area contributed by atoms with Crippen LogP contribution >= 0.6 is 23.6 Å². The molecule has 0 spiro atoms. The molecule has 0 atom stereocenters. The van der Waals surface area contributed by atoms with Gasteiger partial charge in [0.2, 0.25) is 0 Å². The summed E-state index contributed by atoms with van der Waals surface area (Å²) in [6, 6.07) is 10.1. The maximum Gasteiger partial charge on any atom is 0.191 e. The van der Waals surface area contributed by atoms with Gasteiger partial charge in [0.05, 0.1) is 6.21 Å². The summed E-state index contributed by atoms with van der Waals surface area (Å²) in [6.45, 7) is 4.10. The third-order valence-electron chi connectivity index (χ3n) is 2.62. The fourth-order valence-electron chi connectivity index (χ4n) is 1.67. The van der Waals surface area contributed by atoms with Crippen LogP contribution in [0.1, 0.15) is 16.0 Å². The van der Waals surface area contributed by atoms with Crippen LogP contribution in [0.25, 0.3) is 0 Å². The van der Waals surface area contributed by atoms with Gasteiger partial charge in [-0.3, -0.25) is 5.43 Å². The van der Waals surface area contributed by atoms with Gasteiger partial charge in [0.1, 0.15) is 0 Å². The molecule has 2 aromatic rings. The van der Waals surface area contributed by atoms with Crippen LogP contribution in [0.3, 0.4) is 0 Å². The average Bonchev–Trinajstić information content (AvgIpc) is 2.87.